The quantitative estimate of drug-likeness (QED) is 0.716. The number of carbonyl (C=O) groups excluding carboxylic acids is 1. The summed E-state index contributed by atoms with van der Waals surface area (Å²) in [5.41, 5.74) is 7.59. The minimum Gasteiger partial charge on any atom is -0.489 e. The van der Waals surface area contributed by atoms with Gasteiger partial charge in [0.1, 0.15) is 12.4 Å². The average molecular weight is 395 g/mol. The predicted octanol–water partition coefficient (Wildman–Crippen LogP) is 3.74. The Morgan fingerprint density at radius 3 is 2.69 bits per heavy atom. The van der Waals surface area contributed by atoms with Gasteiger partial charge in [0.2, 0.25) is 5.91 Å². The van der Waals surface area contributed by atoms with Crippen LogP contribution in [0.1, 0.15) is 24.0 Å². The van der Waals surface area contributed by atoms with E-state index in [0.29, 0.717) is 30.5 Å². The molecular formula is C20H24Cl2N2O2. The molecule has 1 aliphatic carbocycles. The van der Waals surface area contributed by atoms with Crippen LogP contribution in [0.3, 0.4) is 0 Å². The third kappa shape index (κ3) is 5.90. The van der Waals surface area contributed by atoms with E-state index in [-0.39, 0.29) is 24.4 Å². The van der Waals surface area contributed by atoms with E-state index in [0.717, 1.165) is 29.7 Å². The van der Waals surface area contributed by atoms with Crippen LogP contribution < -0.4 is 15.8 Å². The fourth-order valence-corrected chi connectivity index (χ4v) is 3.02. The van der Waals surface area contributed by atoms with E-state index in [1.165, 1.54) is 0 Å². The SMILES string of the molecule is Cl.NCC(NC(=O)Cc1cccc(OCc2ccccc2Cl)c1)C1CC1. The van der Waals surface area contributed by atoms with Crippen molar-refractivity contribution in [2.75, 3.05) is 6.54 Å². The molecule has 1 atom stereocenters. The molecule has 1 unspecified atom stereocenters. The van der Waals surface area contributed by atoms with Gasteiger partial charge in [0.05, 0.1) is 6.42 Å². The van der Waals surface area contributed by atoms with Crippen LogP contribution in [-0.4, -0.2) is 18.5 Å². The fraction of sp³-hybridized carbons (Fsp3) is 0.350. The third-order valence-corrected chi connectivity index (χ3v) is 4.78. The molecule has 3 N–H and O–H groups in total. The molecule has 3 rings (SSSR count). The van der Waals surface area contributed by atoms with Gasteiger partial charge in [-0.3, -0.25) is 4.79 Å². The van der Waals surface area contributed by atoms with Gasteiger partial charge >= 0.3 is 0 Å². The lowest BCUT2D eigenvalue weighted by atomic mass is 10.1. The monoisotopic (exact) mass is 394 g/mol. The van der Waals surface area contributed by atoms with E-state index in [9.17, 15) is 4.79 Å². The summed E-state index contributed by atoms with van der Waals surface area (Å²) in [5, 5.41) is 3.73. The first kappa shape index (κ1) is 20.6. The average Bonchev–Trinajstić information content (AvgIpc) is 3.44. The maximum Gasteiger partial charge on any atom is 0.224 e. The van der Waals surface area contributed by atoms with Gasteiger partial charge in [0.25, 0.3) is 0 Å². The maximum absolute atomic E-state index is 12.2. The summed E-state index contributed by atoms with van der Waals surface area (Å²) in [5.74, 6) is 1.28. The standard InChI is InChI=1S/C20H23ClN2O2.ClH/c21-18-7-2-1-5-16(18)13-25-17-6-3-4-14(10-17)11-20(24)23-19(12-22)15-8-9-15;/h1-7,10,15,19H,8-9,11-13,22H2,(H,23,24);1H. The number of hydrogen-bond acceptors (Lipinski definition) is 3. The summed E-state index contributed by atoms with van der Waals surface area (Å²) in [4.78, 5) is 12.2. The Hall–Kier alpha value is -1.75. The zero-order valence-electron chi connectivity index (χ0n) is 14.5. The molecule has 1 fully saturated rings. The summed E-state index contributed by atoms with van der Waals surface area (Å²) in [6.45, 7) is 0.893. The van der Waals surface area contributed by atoms with Crippen LogP contribution in [-0.2, 0) is 17.8 Å². The van der Waals surface area contributed by atoms with Crippen LogP contribution >= 0.6 is 24.0 Å². The van der Waals surface area contributed by atoms with Crippen LogP contribution in [0.5, 0.6) is 5.75 Å². The Morgan fingerprint density at radius 1 is 1.23 bits per heavy atom. The first-order chi connectivity index (χ1) is 12.2. The van der Waals surface area contributed by atoms with E-state index < -0.39 is 0 Å². The van der Waals surface area contributed by atoms with Gasteiger partial charge in [-0.05, 0) is 42.5 Å². The van der Waals surface area contributed by atoms with Crippen LogP contribution in [0.2, 0.25) is 5.02 Å². The minimum atomic E-state index is 0. The Kier molecular flexibility index (Phi) is 7.76. The molecule has 0 heterocycles. The molecule has 140 valence electrons. The molecule has 0 spiro atoms. The summed E-state index contributed by atoms with van der Waals surface area (Å²) in [7, 11) is 0. The number of benzene rings is 2. The molecule has 0 bridgehead atoms. The molecule has 0 radical (unpaired) electrons. The number of carbonyl (C=O) groups is 1. The number of hydrogen-bond donors (Lipinski definition) is 2. The number of halogens is 2. The minimum absolute atomic E-state index is 0. The molecule has 1 amide bonds. The van der Waals surface area contributed by atoms with E-state index >= 15 is 0 Å². The van der Waals surface area contributed by atoms with Crippen molar-refractivity contribution in [3.05, 3.63) is 64.7 Å². The van der Waals surface area contributed by atoms with Crippen molar-refractivity contribution < 1.29 is 9.53 Å². The lowest BCUT2D eigenvalue weighted by molar-refractivity contribution is -0.121. The predicted molar refractivity (Wildman–Crippen MR) is 107 cm³/mol. The summed E-state index contributed by atoms with van der Waals surface area (Å²) >= 11 is 6.14. The van der Waals surface area contributed by atoms with E-state index in [2.05, 4.69) is 5.32 Å². The van der Waals surface area contributed by atoms with Gasteiger partial charge in [-0.15, -0.1) is 12.4 Å². The summed E-state index contributed by atoms with van der Waals surface area (Å²) in [6, 6.07) is 15.3. The van der Waals surface area contributed by atoms with Crippen LogP contribution in [0.15, 0.2) is 48.5 Å². The molecule has 4 nitrogen and oxygen atoms in total. The lowest BCUT2D eigenvalue weighted by Gasteiger charge is -2.16. The first-order valence-corrected chi connectivity index (χ1v) is 8.98. The number of ether oxygens (including phenoxy) is 1. The first-order valence-electron chi connectivity index (χ1n) is 8.60. The number of nitrogens with one attached hydrogen (secondary N) is 1. The van der Waals surface area contributed by atoms with Gasteiger partial charge in [-0.25, -0.2) is 0 Å². The van der Waals surface area contributed by atoms with Crippen molar-refractivity contribution in [2.45, 2.75) is 31.9 Å². The Balaban J connectivity index is 0.00000243. The van der Waals surface area contributed by atoms with Crippen molar-refractivity contribution in [1.82, 2.24) is 5.32 Å². The molecule has 1 saturated carbocycles. The highest BCUT2D eigenvalue weighted by Gasteiger charge is 2.31. The Morgan fingerprint density at radius 2 is 2.00 bits per heavy atom. The summed E-state index contributed by atoms with van der Waals surface area (Å²) in [6.07, 6.45) is 2.65. The van der Waals surface area contributed by atoms with Crippen molar-refractivity contribution in [3.8, 4) is 5.75 Å². The molecule has 0 aromatic heterocycles. The second-order valence-corrected chi connectivity index (χ2v) is 6.86. The normalized spacial score (nSPS) is 14.2. The molecule has 0 saturated heterocycles. The van der Waals surface area contributed by atoms with Crippen molar-refractivity contribution >= 4 is 29.9 Å². The van der Waals surface area contributed by atoms with Crippen molar-refractivity contribution in [3.63, 3.8) is 0 Å². The maximum atomic E-state index is 12.2. The van der Waals surface area contributed by atoms with Gasteiger partial charge in [0, 0.05) is 23.2 Å². The lowest BCUT2D eigenvalue weighted by Crippen LogP contribution is -2.42. The Labute approximate surface area is 165 Å². The van der Waals surface area contributed by atoms with Crippen LogP contribution in [0.4, 0.5) is 0 Å². The van der Waals surface area contributed by atoms with E-state index in [1.54, 1.807) is 0 Å². The highest BCUT2D eigenvalue weighted by Crippen LogP contribution is 2.32. The largest absolute Gasteiger partial charge is 0.489 e. The number of nitrogens with two attached hydrogens (primary N) is 1. The molecular weight excluding hydrogens is 371 g/mol. The Bertz CT molecular complexity index is 735. The van der Waals surface area contributed by atoms with Gasteiger partial charge in [-0.1, -0.05) is 41.9 Å². The zero-order valence-corrected chi connectivity index (χ0v) is 16.1. The summed E-state index contributed by atoms with van der Waals surface area (Å²) < 4.78 is 5.81. The molecule has 2 aromatic carbocycles. The third-order valence-electron chi connectivity index (χ3n) is 4.41. The second kappa shape index (κ2) is 9.81. The second-order valence-electron chi connectivity index (χ2n) is 6.45. The highest BCUT2D eigenvalue weighted by atomic mass is 35.5. The molecule has 26 heavy (non-hydrogen) atoms. The van der Waals surface area contributed by atoms with Gasteiger partial charge in [-0.2, -0.15) is 0 Å². The van der Waals surface area contributed by atoms with E-state index in [1.807, 2.05) is 48.5 Å². The van der Waals surface area contributed by atoms with Crippen LogP contribution in [0.25, 0.3) is 0 Å². The van der Waals surface area contributed by atoms with Crippen molar-refractivity contribution in [1.29, 1.82) is 0 Å². The topological polar surface area (TPSA) is 64.3 Å². The van der Waals surface area contributed by atoms with Crippen molar-refractivity contribution in [2.24, 2.45) is 11.7 Å². The highest BCUT2D eigenvalue weighted by molar-refractivity contribution is 6.31. The molecule has 2 aromatic rings. The smallest absolute Gasteiger partial charge is 0.224 e. The van der Waals surface area contributed by atoms with Crippen LogP contribution in [0, 0.1) is 5.92 Å². The molecule has 1 aliphatic rings. The molecule has 6 heteroatoms. The number of rotatable bonds is 8. The van der Waals surface area contributed by atoms with E-state index in [4.69, 9.17) is 22.1 Å². The van der Waals surface area contributed by atoms with Gasteiger partial charge in [0.15, 0.2) is 0 Å². The fourth-order valence-electron chi connectivity index (χ4n) is 2.83. The van der Waals surface area contributed by atoms with Gasteiger partial charge < -0.3 is 15.8 Å². The molecule has 0 aliphatic heterocycles. The number of amides is 1. The zero-order chi connectivity index (χ0) is 17.6.